The molecule has 12 heteroatoms. The van der Waals surface area contributed by atoms with E-state index in [-0.39, 0.29) is 21.5 Å². The van der Waals surface area contributed by atoms with Gasteiger partial charge in [0.25, 0.3) is 15.9 Å². The highest BCUT2D eigenvalue weighted by Crippen LogP contribution is 2.45. The van der Waals surface area contributed by atoms with Crippen LogP contribution in [0.25, 0.3) is 10.9 Å². The number of ether oxygens (including phenoxy) is 1. The van der Waals surface area contributed by atoms with Crippen molar-refractivity contribution in [3.63, 3.8) is 0 Å². The summed E-state index contributed by atoms with van der Waals surface area (Å²) in [4.78, 5) is 27.6. The maximum atomic E-state index is 14.0. The molecular weight excluding hydrogens is 552 g/mol. The summed E-state index contributed by atoms with van der Waals surface area (Å²) < 4.78 is 61.5. The monoisotopic (exact) mass is 571 g/mol. The van der Waals surface area contributed by atoms with E-state index >= 15 is 0 Å². The molecule has 200 valence electrons. The first-order valence-corrected chi connectivity index (χ1v) is 13.8. The summed E-state index contributed by atoms with van der Waals surface area (Å²) >= 11 is 6.14. The zero-order chi connectivity index (χ0) is 27.5. The van der Waals surface area contributed by atoms with Gasteiger partial charge in [0.05, 0.1) is 21.7 Å². The van der Waals surface area contributed by atoms with Gasteiger partial charge in [-0.3, -0.25) is 4.79 Å². The lowest BCUT2D eigenvalue weighted by Crippen LogP contribution is -2.52. The summed E-state index contributed by atoms with van der Waals surface area (Å²) in [5, 5.41) is 3.56. The number of hydrogen-bond donors (Lipinski definition) is 1. The number of benzene rings is 3. The molecule has 1 aromatic heterocycles. The standard InChI is InChI=1S/C27H20ClF2N3O5S/c28-16-5-6-20-21(15-32(24(20)11-16)39(36,37)19-13-17(29)12-18(30)14-19)25(34)33-23-4-2-1-3-22(23)27(38-26(33)35)7-9-31-10-8-27/h1-6,11-15,31H,7-10H2. The van der Waals surface area contributed by atoms with Crippen molar-refractivity contribution in [1.82, 2.24) is 9.29 Å². The molecule has 0 atom stereocenters. The smallest absolute Gasteiger partial charge is 0.422 e. The predicted molar refractivity (Wildman–Crippen MR) is 139 cm³/mol. The molecule has 8 nitrogen and oxygen atoms in total. The third-order valence-corrected chi connectivity index (χ3v) is 8.96. The van der Waals surface area contributed by atoms with Gasteiger partial charge in [-0.1, -0.05) is 35.9 Å². The van der Waals surface area contributed by atoms with Crippen molar-refractivity contribution < 1.29 is 31.5 Å². The molecule has 3 aromatic carbocycles. The van der Waals surface area contributed by atoms with E-state index in [9.17, 15) is 26.8 Å². The van der Waals surface area contributed by atoms with Crippen molar-refractivity contribution in [2.75, 3.05) is 18.0 Å². The lowest BCUT2D eigenvalue weighted by atomic mass is 9.82. The number of para-hydroxylation sites is 1. The van der Waals surface area contributed by atoms with Crippen molar-refractivity contribution in [3.05, 3.63) is 94.6 Å². The molecule has 4 aromatic rings. The zero-order valence-corrected chi connectivity index (χ0v) is 21.7. The van der Waals surface area contributed by atoms with Crippen LogP contribution in [0, 0.1) is 11.6 Å². The van der Waals surface area contributed by atoms with E-state index in [1.807, 2.05) is 0 Å². The molecule has 2 aliphatic rings. The van der Waals surface area contributed by atoms with E-state index < -0.39 is 44.2 Å². The van der Waals surface area contributed by atoms with Gasteiger partial charge in [-0.25, -0.2) is 30.9 Å². The molecule has 39 heavy (non-hydrogen) atoms. The van der Waals surface area contributed by atoms with E-state index in [1.54, 1.807) is 24.3 Å². The van der Waals surface area contributed by atoms with E-state index in [2.05, 4.69) is 5.32 Å². The van der Waals surface area contributed by atoms with Gasteiger partial charge in [-0.05, 0) is 43.4 Å². The van der Waals surface area contributed by atoms with Crippen LogP contribution in [-0.2, 0) is 20.4 Å². The number of nitrogens with one attached hydrogen (secondary N) is 1. The zero-order valence-electron chi connectivity index (χ0n) is 20.2. The SMILES string of the molecule is O=C1OC2(CCNCC2)c2ccccc2N1C(=O)c1cn(S(=O)(=O)c2cc(F)cc(F)c2)c2cc(Cl)ccc12. The number of amides is 2. The third kappa shape index (κ3) is 4.08. The van der Waals surface area contributed by atoms with Gasteiger partial charge in [-0.15, -0.1) is 0 Å². The van der Waals surface area contributed by atoms with Crippen LogP contribution in [0.4, 0.5) is 19.3 Å². The van der Waals surface area contributed by atoms with Crippen molar-refractivity contribution >= 4 is 50.2 Å². The highest BCUT2D eigenvalue weighted by molar-refractivity contribution is 7.90. The van der Waals surface area contributed by atoms with Crippen molar-refractivity contribution in [2.24, 2.45) is 0 Å². The summed E-state index contributed by atoms with van der Waals surface area (Å²) in [6.07, 6.45) is 1.19. The third-order valence-electron chi connectivity index (χ3n) is 7.07. The van der Waals surface area contributed by atoms with Gasteiger partial charge in [-0.2, -0.15) is 0 Å². The lowest BCUT2D eigenvalue weighted by Gasteiger charge is -2.44. The fourth-order valence-corrected chi connectivity index (χ4v) is 6.84. The first-order chi connectivity index (χ1) is 18.6. The number of piperidine rings is 1. The van der Waals surface area contributed by atoms with E-state index in [0.29, 0.717) is 55.4 Å². The Labute approximate surface area is 226 Å². The lowest BCUT2D eigenvalue weighted by molar-refractivity contribution is -0.0170. The Morgan fingerprint density at radius 3 is 2.41 bits per heavy atom. The summed E-state index contributed by atoms with van der Waals surface area (Å²) in [5.41, 5.74) is -0.0269. The number of halogens is 3. The van der Waals surface area contributed by atoms with Crippen molar-refractivity contribution in [2.45, 2.75) is 23.3 Å². The van der Waals surface area contributed by atoms with Crippen molar-refractivity contribution in [3.8, 4) is 0 Å². The molecule has 2 aliphatic heterocycles. The van der Waals surface area contributed by atoms with Crippen LogP contribution in [-0.4, -0.2) is 37.5 Å². The first-order valence-electron chi connectivity index (χ1n) is 12.0. The Hall–Kier alpha value is -3.80. The molecule has 1 spiro atoms. The predicted octanol–water partition coefficient (Wildman–Crippen LogP) is 5.19. The number of carbonyl (C=O) groups excluding carboxylic acids is 2. The maximum absolute atomic E-state index is 14.0. The number of hydrogen-bond acceptors (Lipinski definition) is 6. The number of carbonyl (C=O) groups is 2. The van der Waals surface area contributed by atoms with Crippen LogP contribution < -0.4 is 10.2 Å². The molecule has 0 unspecified atom stereocenters. The number of fused-ring (bicyclic) bond motifs is 3. The number of rotatable bonds is 3. The Morgan fingerprint density at radius 1 is 1.00 bits per heavy atom. The van der Waals surface area contributed by atoms with Crippen LogP contribution in [0.2, 0.25) is 5.02 Å². The van der Waals surface area contributed by atoms with Gasteiger partial charge < -0.3 is 10.1 Å². The van der Waals surface area contributed by atoms with Gasteiger partial charge in [0.1, 0.15) is 17.2 Å². The Balaban J connectivity index is 1.51. The van der Waals surface area contributed by atoms with Crippen molar-refractivity contribution in [1.29, 1.82) is 0 Å². The number of imide groups is 1. The molecule has 3 heterocycles. The second kappa shape index (κ2) is 9.15. The average molecular weight is 572 g/mol. The Bertz CT molecular complexity index is 1760. The number of aromatic nitrogens is 1. The van der Waals surface area contributed by atoms with E-state index in [1.165, 1.54) is 18.2 Å². The van der Waals surface area contributed by atoms with Gasteiger partial charge in [0.2, 0.25) is 0 Å². The van der Waals surface area contributed by atoms with Crippen LogP contribution in [0.15, 0.2) is 71.8 Å². The summed E-state index contributed by atoms with van der Waals surface area (Å²) in [7, 11) is -4.58. The van der Waals surface area contributed by atoms with Gasteiger partial charge in [0, 0.05) is 41.1 Å². The number of nitrogens with zero attached hydrogens (tertiary/aromatic N) is 2. The summed E-state index contributed by atoms with van der Waals surface area (Å²) in [5.74, 6) is -3.00. The molecule has 1 fully saturated rings. The Kier molecular flexibility index (Phi) is 5.97. The molecular formula is C27H20ClF2N3O5S. The highest BCUT2D eigenvalue weighted by atomic mass is 35.5. The summed E-state index contributed by atoms with van der Waals surface area (Å²) in [6.45, 7) is 1.25. The topological polar surface area (TPSA) is 97.7 Å². The minimum atomic E-state index is -4.58. The second-order valence-electron chi connectivity index (χ2n) is 9.38. The molecule has 2 amide bonds. The van der Waals surface area contributed by atoms with Crippen LogP contribution in [0.1, 0.15) is 28.8 Å². The molecule has 0 saturated carbocycles. The van der Waals surface area contributed by atoms with Crippen LogP contribution in [0.5, 0.6) is 0 Å². The normalized spacial score (nSPS) is 16.8. The van der Waals surface area contributed by atoms with Crippen LogP contribution in [0.3, 0.4) is 0 Å². The first kappa shape index (κ1) is 25.5. The average Bonchev–Trinajstić information content (AvgIpc) is 3.28. The largest absolute Gasteiger partial charge is 0.437 e. The fourth-order valence-electron chi connectivity index (χ4n) is 5.27. The van der Waals surface area contributed by atoms with Crippen LogP contribution >= 0.6 is 11.6 Å². The molecule has 0 radical (unpaired) electrons. The quantitative estimate of drug-likeness (QED) is 0.364. The number of anilines is 1. The minimum absolute atomic E-state index is 0.0102. The molecule has 0 aliphatic carbocycles. The van der Waals surface area contributed by atoms with Gasteiger partial charge in [0.15, 0.2) is 0 Å². The van der Waals surface area contributed by atoms with Gasteiger partial charge >= 0.3 is 6.09 Å². The molecule has 6 rings (SSSR count). The fraction of sp³-hybridized carbons (Fsp3) is 0.185. The maximum Gasteiger partial charge on any atom is 0.422 e. The molecule has 1 saturated heterocycles. The van der Waals surface area contributed by atoms with E-state index in [4.69, 9.17) is 16.3 Å². The molecule has 0 bridgehead atoms. The minimum Gasteiger partial charge on any atom is -0.437 e. The highest BCUT2D eigenvalue weighted by Gasteiger charge is 2.48. The van der Waals surface area contributed by atoms with E-state index in [0.717, 1.165) is 15.1 Å². The summed E-state index contributed by atoms with van der Waals surface area (Å²) in [6, 6.07) is 13.0. The Morgan fingerprint density at radius 2 is 1.69 bits per heavy atom. The molecule has 1 N–H and O–H groups in total. The second-order valence-corrected chi connectivity index (χ2v) is 11.6.